The molecule has 32 heavy (non-hydrogen) atoms. The van der Waals surface area contributed by atoms with Gasteiger partial charge in [0.2, 0.25) is 5.91 Å². The minimum atomic E-state index is -0.0682. The Morgan fingerprint density at radius 3 is 2.53 bits per heavy atom. The molecule has 1 amide bonds. The van der Waals surface area contributed by atoms with E-state index in [0.29, 0.717) is 18.1 Å². The molecule has 0 bridgehead atoms. The molecule has 0 aliphatic carbocycles. The van der Waals surface area contributed by atoms with Gasteiger partial charge in [0.05, 0.1) is 26.8 Å². The number of fused-ring (bicyclic) bond motifs is 5. The van der Waals surface area contributed by atoms with Gasteiger partial charge in [-0.05, 0) is 36.8 Å². The largest absolute Gasteiger partial charge is 0.323 e. The lowest BCUT2D eigenvalue weighted by Gasteiger charge is -2.07. The van der Waals surface area contributed by atoms with Gasteiger partial charge in [-0.1, -0.05) is 53.8 Å². The number of aromatic nitrogens is 4. The van der Waals surface area contributed by atoms with Gasteiger partial charge in [0.15, 0.2) is 10.8 Å². The molecule has 3 heterocycles. The van der Waals surface area contributed by atoms with E-state index in [1.807, 2.05) is 61.5 Å². The summed E-state index contributed by atoms with van der Waals surface area (Å²) in [5.74, 6) is -0.0682. The fraction of sp³-hybridized carbons (Fsp3) is 0.120. The molecule has 0 spiro atoms. The molecule has 3 aromatic carbocycles. The monoisotopic (exact) mass is 437 g/mol. The number of amides is 1. The van der Waals surface area contributed by atoms with E-state index in [-0.39, 0.29) is 5.91 Å². The summed E-state index contributed by atoms with van der Waals surface area (Å²) in [5.41, 5.74) is 6.45. The van der Waals surface area contributed by atoms with Crippen LogP contribution in [0.3, 0.4) is 0 Å². The van der Waals surface area contributed by atoms with Crippen LogP contribution in [0.1, 0.15) is 12.0 Å². The summed E-state index contributed by atoms with van der Waals surface area (Å²) in [6, 6.07) is 22.0. The Morgan fingerprint density at radius 2 is 1.69 bits per heavy atom. The molecular weight excluding hydrogens is 418 g/mol. The van der Waals surface area contributed by atoms with Crippen LogP contribution in [0.15, 0.2) is 66.7 Å². The van der Waals surface area contributed by atoms with Gasteiger partial charge in [0, 0.05) is 18.4 Å². The second-order valence-electron chi connectivity index (χ2n) is 7.79. The van der Waals surface area contributed by atoms with Crippen molar-refractivity contribution in [3.8, 4) is 0 Å². The molecule has 0 saturated heterocycles. The molecular formula is C25H19N5OS. The number of nitrogens with zero attached hydrogens (tertiary/aromatic N) is 4. The first-order valence-corrected chi connectivity index (χ1v) is 11.3. The molecule has 156 valence electrons. The Morgan fingerprint density at radius 1 is 0.906 bits per heavy atom. The molecule has 3 aromatic heterocycles. The number of rotatable bonds is 4. The summed E-state index contributed by atoms with van der Waals surface area (Å²) in [5, 5.41) is 4.64. The van der Waals surface area contributed by atoms with E-state index >= 15 is 0 Å². The minimum absolute atomic E-state index is 0.0682. The van der Waals surface area contributed by atoms with Crippen LogP contribution in [0, 0.1) is 6.92 Å². The van der Waals surface area contributed by atoms with Crippen molar-refractivity contribution >= 4 is 65.7 Å². The third kappa shape index (κ3) is 3.09. The Hall–Kier alpha value is -3.84. The standard InChI is InChI=1S/C25H19N5OS/c1-15-7-6-12-20-22(15)29-25(32-20)28-21(31)13-14-30-19-11-5-2-8-16(19)23-24(30)27-18-10-4-3-9-17(18)26-23/h2-12H,13-14H2,1H3,(H,28,29,31). The average Bonchev–Trinajstić information content (AvgIpc) is 3.35. The summed E-state index contributed by atoms with van der Waals surface area (Å²) in [6.07, 6.45) is 0.317. The highest BCUT2D eigenvalue weighted by atomic mass is 32.1. The zero-order valence-corrected chi connectivity index (χ0v) is 18.2. The number of carbonyl (C=O) groups is 1. The Balaban J connectivity index is 1.33. The lowest BCUT2D eigenvalue weighted by molar-refractivity contribution is -0.116. The molecule has 0 unspecified atom stereocenters. The predicted octanol–water partition coefficient (Wildman–Crippen LogP) is 5.68. The molecule has 0 aliphatic heterocycles. The first-order valence-electron chi connectivity index (χ1n) is 10.5. The van der Waals surface area contributed by atoms with Gasteiger partial charge in [0.1, 0.15) is 5.52 Å². The maximum Gasteiger partial charge on any atom is 0.227 e. The zero-order chi connectivity index (χ0) is 21.7. The van der Waals surface area contributed by atoms with Crippen LogP contribution in [-0.4, -0.2) is 25.4 Å². The number of anilines is 1. The van der Waals surface area contributed by atoms with E-state index in [2.05, 4.69) is 27.0 Å². The van der Waals surface area contributed by atoms with Crippen LogP contribution < -0.4 is 5.32 Å². The van der Waals surface area contributed by atoms with Crippen LogP contribution in [-0.2, 0) is 11.3 Å². The molecule has 6 rings (SSSR count). The van der Waals surface area contributed by atoms with Gasteiger partial charge in [-0.25, -0.2) is 15.0 Å². The lowest BCUT2D eigenvalue weighted by atomic mass is 10.2. The normalized spacial score (nSPS) is 11.7. The molecule has 6 nitrogen and oxygen atoms in total. The first kappa shape index (κ1) is 18.9. The fourth-order valence-corrected chi connectivity index (χ4v) is 5.10. The number of benzene rings is 3. The molecule has 0 atom stereocenters. The van der Waals surface area contributed by atoms with Crippen LogP contribution >= 0.6 is 11.3 Å². The quantitative estimate of drug-likeness (QED) is 0.385. The molecule has 0 aliphatic rings. The summed E-state index contributed by atoms with van der Waals surface area (Å²) in [6.45, 7) is 2.54. The minimum Gasteiger partial charge on any atom is -0.323 e. The summed E-state index contributed by atoms with van der Waals surface area (Å²) < 4.78 is 3.16. The third-order valence-electron chi connectivity index (χ3n) is 5.69. The molecule has 7 heteroatoms. The highest BCUT2D eigenvalue weighted by Gasteiger charge is 2.16. The SMILES string of the molecule is Cc1cccc2sc(NC(=O)CCn3c4ccccc4c4nc5ccccc5nc43)nc12. The molecule has 1 N–H and O–H groups in total. The molecule has 0 fully saturated rings. The number of thiazole rings is 1. The summed E-state index contributed by atoms with van der Waals surface area (Å²) >= 11 is 1.50. The summed E-state index contributed by atoms with van der Waals surface area (Å²) in [7, 11) is 0. The molecule has 0 saturated carbocycles. The fourth-order valence-electron chi connectivity index (χ4n) is 4.14. The van der Waals surface area contributed by atoms with Crippen molar-refractivity contribution in [2.45, 2.75) is 19.9 Å². The van der Waals surface area contributed by atoms with Crippen molar-refractivity contribution in [3.63, 3.8) is 0 Å². The Kier molecular flexibility index (Phi) is 4.36. The lowest BCUT2D eigenvalue weighted by Crippen LogP contribution is -2.14. The second kappa shape index (κ2) is 7.39. The van der Waals surface area contributed by atoms with Crippen LogP contribution in [0.5, 0.6) is 0 Å². The molecule has 0 radical (unpaired) electrons. The van der Waals surface area contributed by atoms with Crippen LogP contribution in [0.4, 0.5) is 5.13 Å². The van der Waals surface area contributed by atoms with E-state index in [9.17, 15) is 4.79 Å². The first-order chi connectivity index (χ1) is 15.7. The Labute approximate surface area is 187 Å². The van der Waals surface area contributed by atoms with Gasteiger partial charge in [0.25, 0.3) is 0 Å². The van der Waals surface area contributed by atoms with Crippen molar-refractivity contribution in [3.05, 3.63) is 72.3 Å². The highest BCUT2D eigenvalue weighted by Crippen LogP contribution is 2.30. The van der Waals surface area contributed by atoms with Gasteiger partial charge in [-0.15, -0.1) is 0 Å². The van der Waals surface area contributed by atoms with Gasteiger partial charge in [-0.2, -0.15) is 0 Å². The van der Waals surface area contributed by atoms with E-state index < -0.39 is 0 Å². The number of aryl methyl sites for hydroxylation is 2. The second-order valence-corrected chi connectivity index (χ2v) is 8.82. The maximum absolute atomic E-state index is 12.8. The van der Waals surface area contributed by atoms with Gasteiger partial charge < -0.3 is 9.88 Å². The Bertz CT molecular complexity index is 1650. The van der Waals surface area contributed by atoms with Crippen molar-refractivity contribution < 1.29 is 4.79 Å². The predicted molar refractivity (Wildman–Crippen MR) is 130 cm³/mol. The smallest absolute Gasteiger partial charge is 0.227 e. The number of nitrogens with one attached hydrogen (secondary N) is 1. The van der Waals surface area contributed by atoms with Gasteiger partial charge >= 0.3 is 0 Å². The number of hydrogen-bond acceptors (Lipinski definition) is 5. The highest BCUT2D eigenvalue weighted by molar-refractivity contribution is 7.22. The molecule has 6 aromatic rings. The van der Waals surface area contributed by atoms with Crippen molar-refractivity contribution in [1.29, 1.82) is 0 Å². The van der Waals surface area contributed by atoms with Crippen molar-refractivity contribution in [1.82, 2.24) is 19.5 Å². The third-order valence-corrected chi connectivity index (χ3v) is 6.62. The van der Waals surface area contributed by atoms with E-state index in [0.717, 1.165) is 48.9 Å². The van der Waals surface area contributed by atoms with E-state index in [1.54, 1.807) is 0 Å². The van der Waals surface area contributed by atoms with Gasteiger partial charge in [-0.3, -0.25) is 4.79 Å². The summed E-state index contributed by atoms with van der Waals surface area (Å²) in [4.78, 5) is 27.1. The zero-order valence-electron chi connectivity index (χ0n) is 17.4. The van der Waals surface area contributed by atoms with Crippen molar-refractivity contribution in [2.24, 2.45) is 0 Å². The number of hydrogen-bond donors (Lipinski definition) is 1. The van der Waals surface area contributed by atoms with E-state index in [4.69, 9.17) is 9.97 Å². The number of carbonyl (C=O) groups excluding carboxylic acids is 1. The van der Waals surface area contributed by atoms with E-state index in [1.165, 1.54) is 11.3 Å². The van der Waals surface area contributed by atoms with Crippen LogP contribution in [0.25, 0.3) is 43.3 Å². The average molecular weight is 438 g/mol. The van der Waals surface area contributed by atoms with Crippen molar-refractivity contribution in [2.75, 3.05) is 5.32 Å². The maximum atomic E-state index is 12.8. The topological polar surface area (TPSA) is 72.7 Å². The van der Waals surface area contributed by atoms with Crippen LogP contribution in [0.2, 0.25) is 0 Å². The number of para-hydroxylation sites is 4.